The van der Waals surface area contributed by atoms with Gasteiger partial charge in [-0.05, 0) is 37.6 Å². The van der Waals surface area contributed by atoms with Gasteiger partial charge in [0.1, 0.15) is 0 Å². The summed E-state index contributed by atoms with van der Waals surface area (Å²) in [7, 11) is -2.09. The number of nitrogens with zero attached hydrogens (tertiary/aromatic N) is 2. The molecule has 0 saturated heterocycles. The van der Waals surface area contributed by atoms with Crippen LogP contribution in [0.15, 0.2) is 23.1 Å². The highest BCUT2D eigenvalue weighted by molar-refractivity contribution is 7.89. The number of benzene rings is 1. The summed E-state index contributed by atoms with van der Waals surface area (Å²) in [5, 5.41) is 8.72. The van der Waals surface area contributed by atoms with E-state index in [-0.39, 0.29) is 17.4 Å². The van der Waals surface area contributed by atoms with E-state index in [2.05, 4.69) is 0 Å². The molecule has 0 spiro atoms. The zero-order valence-corrected chi connectivity index (χ0v) is 11.5. The van der Waals surface area contributed by atoms with E-state index in [1.807, 2.05) is 6.07 Å². The third-order valence-electron chi connectivity index (χ3n) is 2.64. The van der Waals surface area contributed by atoms with Crippen molar-refractivity contribution >= 4 is 15.7 Å². The van der Waals surface area contributed by atoms with Gasteiger partial charge in [-0.3, -0.25) is 0 Å². The molecular formula is C12H17N3O2S. The van der Waals surface area contributed by atoms with Crippen LogP contribution < -0.4 is 5.73 Å². The van der Waals surface area contributed by atoms with Gasteiger partial charge in [-0.15, -0.1) is 0 Å². The van der Waals surface area contributed by atoms with E-state index >= 15 is 0 Å². The standard InChI is InChI=1S/C12H17N3O2S/c1-9(7-13)8-15(3)18(16,17)12-5-4-11(14)6-10(12)2/h4-6,9H,8,14H2,1-3H3. The molecule has 2 N–H and O–H groups in total. The lowest BCUT2D eigenvalue weighted by atomic mass is 10.2. The van der Waals surface area contributed by atoms with Gasteiger partial charge in [-0.25, -0.2) is 8.42 Å². The number of nitrogen functional groups attached to an aromatic ring is 1. The van der Waals surface area contributed by atoms with Crippen molar-refractivity contribution in [2.75, 3.05) is 19.3 Å². The zero-order chi connectivity index (χ0) is 13.9. The molecule has 1 aromatic carbocycles. The Morgan fingerprint density at radius 2 is 2.11 bits per heavy atom. The van der Waals surface area contributed by atoms with Gasteiger partial charge in [0.25, 0.3) is 0 Å². The third-order valence-corrected chi connectivity index (χ3v) is 4.62. The molecule has 0 amide bonds. The van der Waals surface area contributed by atoms with E-state index in [4.69, 9.17) is 11.0 Å². The minimum Gasteiger partial charge on any atom is -0.399 e. The van der Waals surface area contributed by atoms with Crippen LogP contribution in [-0.2, 0) is 10.0 Å². The van der Waals surface area contributed by atoms with Crippen molar-refractivity contribution in [1.82, 2.24) is 4.31 Å². The van der Waals surface area contributed by atoms with Crippen LogP contribution in [-0.4, -0.2) is 26.3 Å². The Morgan fingerprint density at radius 1 is 1.50 bits per heavy atom. The smallest absolute Gasteiger partial charge is 0.243 e. The largest absolute Gasteiger partial charge is 0.399 e. The summed E-state index contributed by atoms with van der Waals surface area (Å²) in [5.74, 6) is -0.348. The Labute approximate surface area is 108 Å². The quantitative estimate of drug-likeness (QED) is 0.834. The Balaban J connectivity index is 3.10. The first kappa shape index (κ1) is 14.5. The molecule has 18 heavy (non-hydrogen) atoms. The van der Waals surface area contributed by atoms with Gasteiger partial charge in [0.15, 0.2) is 0 Å². The number of nitriles is 1. The van der Waals surface area contributed by atoms with Crippen molar-refractivity contribution in [2.24, 2.45) is 5.92 Å². The van der Waals surface area contributed by atoms with Gasteiger partial charge in [0, 0.05) is 19.3 Å². The SMILES string of the molecule is Cc1cc(N)ccc1S(=O)(=O)N(C)CC(C)C#N. The zero-order valence-electron chi connectivity index (χ0n) is 10.7. The van der Waals surface area contributed by atoms with E-state index < -0.39 is 10.0 Å². The van der Waals surface area contributed by atoms with E-state index in [1.165, 1.54) is 17.4 Å². The summed E-state index contributed by atoms with van der Waals surface area (Å²) in [6.45, 7) is 3.55. The average Bonchev–Trinajstić information content (AvgIpc) is 2.28. The van der Waals surface area contributed by atoms with Crippen LogP contribution in [0.4, 0.5) is 5.69 Å². The fourth-order valence-corrected chi connectivity index (χ4v) is 3.12. The molecule has 6 heteroatoms. The monoisotopic (exact) mass is 267 g/mol. The molecular weight excluding hydrogens is 250 g/mol. The summed E-state index contributed by atoms with van der Waals surface area (Å²) >= 11 is 0. The molecule has 0 bridgehead atoms. The van der Waals surface area contributed by atoms with E-state index in [0.717, 1.165) is 0 Å². The minimum absolute atomic E-state index is 0.169. The summed E-state index contributed by atoms with van der Waals surface area (Å²) < 4.78 is 25.8. The van der Waals surface area contributed by atoms with Gasteiger partial charge in [-0.2, -0.15) is 9.57 Å². The topological polar surface area (TPSA) is 87.2 Å². The second-order valence-corrected chi connectivity index (χ2v) is 6.35. The molecule has 0 aliphatic carbocycles. The maximum atomic E-state index is 12.3. The number of rotatable bonds is 4. The highest BCUT2D eigenvalue weighted by Crippen LogP contribution is 2.21. The lowest BCUT2D eigenvalue weighted by molar-refractivity contribution is 0.439. The van der Waals surface area contributed by atoms with Crippen molar-refractivity contribution in [2.45, 2.75) is 18.7 Å². The molecule has 1 rings (SSSR count). The van der Waals surface area contributed by atoms with Crippen LogP contribution in [0.1, 0.15) is 12.5 Å². The van der Waals surface area contributed by atoms with Crippen LogP contribution in [0.3, 0.4) is 0 Å². The molecule has 0 radical (unpaired) electrons. The molecule has 0 fully saturated rings. The van der Waals surface area contributed by atoms with Crippen LogP contribution in [0.25, 0.3) is 0 Å². The molecule has 98 valence electrons. The molecule has 0 aliphatic heterocycles. The van der Waals surface area contributed by atoms with Crippen molar-refractivity contribution in [3.63, 3.8) is 0 Å². The number of aryl methyl sites for hydroxylation is 1. The van der Waals surface area contributed by atoms with E-state index in [1.54, 1.807) is 26.0 Å². The van der Waals surface area contributed by atoms with Crippen molar-refractivity contribution < 1.29 is 8.42 Å². The lowest BCUT2D eigenvalue weighted by Crippen LogP contribution is -2.31. The third kappa shape index (κ3) is 3.00. The Hall–Kier alpha value is -1.58. The molecule has 0 heterocycles. The number of anilines is 1. The maximum Gasteiger partial charge on any atom is 0.243 e. The fourth-order valence-electron chi connectivity index (χ4n) is 1.65. The minimum atomic E-state index is -3.56. The maximum absolute atomic E-state index is 12.3. The van der Waals surface area contributed by atoms with Gasteiger partial charge in [0.2, 0.25) is 10.0 Å². The van der Waals surface area contributed by atoms with Gasteiger partial charge >= 0.3 is 0 Å². The van der Waals surface area contributed by atoms with Gasteiger partial charge in [-0.1, -0.05) is 0 Å². The predicted octanol–water partition coefficient (Wildman–Crippen LogP) is 1.36. The molecule has 1 aromatic rings. The van der Waals surface area contributed by atoms with Crippen LogP contribution in [0, 0.1) is 24.2 Å². The number of hydrogen-bond acceptors (Lipinski definition) is 4. The molecule has 1 atom stereocenters. The van der Waals surface area contributed by atoms with Crippen molar-refractivity contribution in [1.29, 1.82) is 5.26 Å². The predicted molar refractivity (Wildman–Crippen MR) is 70.2 cm³/mol. The molecule has 0 aromatic heterocycles. The second-order valence-electron chi connectivity index (χ2n) is 4.34. The van der Waals surface area contributed by atoms with Crippen molar-refractivity contribution in [3.05, 3.63) is 23.8 Å². The summed E-state index contributed by atoms with van der Waals surface area (Å²) in [5.41, 5.74) is 6.73. The van der Waals surface area contributed by atoms with Crippen molar-refractivity contribution in [3.8, 4) is 6.07 Å². The summed E-state index contributed by atoms with van der Waals surface area (Å²) in [4.78, 5) is 0.226. The molecule has 0 aliphatic rings. The first-order valence-corrected chi connectivity index (χ1v) is 6.95. The molecule has 0 saturated carbocycles. The molecule has 5 nitrogen and oxygen atoms in total. The van der Waals surface area contributed by atoms with E-state index in [0.29, 0.717) is 11.3 Å². The molecule has 1 unspecified atom stereocenters. The Kier molecular flexibility index (Phi) is 4.33. The Morgan fingerprint density at radius 3 is 2.61 bits per heavy atom. The normalized spacial score (nSPS) is 13.3. The second kappa shape index (κ2) is 5.38. The highest BCUT2D eigenvalue weighted by Gasteiger charge is 2.23. The lowest BCUT2D eigenvalue weighted by Gasteiger charge is -2.19. The van der Waals surface area contributed by atoms with Crippen LogP contribution in [0.5, 0.6) is 0 Å². The van der Waals surface area contributed by atoms with E-state index in [9.17, 15) is 8.42 Å². The number of sulfonamides is 1. The average molecular weight is 267 g/mol. The number of nitrogens with two attached hydrogens (primary N) is 1. The highest BCUT2D eigenvalue weighted by atomic mass is 32.2. The number of hydrogen-bond donors (Lipinski definition) is 1. The fraction of sp³-hybridized carbons (Fsp3) is 0.417. The van der Waals surface area contributed by atoms with Crippen LogP contribution >= 0.6 is 0 Å². The van der Waals surface area contributed by atoms with Gasteiger partial charge in [0.05, 0.1) is 16.9 Å². The Bertz CT molecular complexity index is 575. The first-order valence-electron chi connectivity index (χ1n) is 5.51. The first-order chi connectivity index (χ1) is 8.28. The summed E-state index contributed by atoms with van der Waals surface area (Å²) in [6, 6.07) is 6.69. The van der Waals surface area contributed by atoms with Gasteiger partial charge < -0.3 is 5.73 Å². The summed E-state index contributed by atoms with van der Waals surface area (Å²) in [6.07, 6.45) is 0. The van der Waals surface area contributed by atoms with Crippen LogP contribution in [0.2, 0.25) is 0 Å².